The van der Waals surface area contributed by atoms with Gasteiger partial charge in [-0.1, -0.05) is 6.92 Å². The van der Waals surface area contributed by atoms with Crippen LogP contribution in [0.3, 0.4) is 0 Å². The van der Waals surface area contributed by atoms with Crippen molar-refractivity contribution in [2.75, 3.05) is 26.7 Å². The fourth-order valence-electron chi connectivity index (χ4n) is 5.96. The Kier molecular flexibility index (Phi) is 6.62. The van der Waals surface area contributed by atoms with Crippen LogP contribution in [-0.4, -0.2) is 92.7 Å². The van der Waals surface area contributed by atoms with E-state index in [2.05, 4.69) is 9.80 Å². The molecule has 32 heavy (non-hydrogen) atoms. The maximum absolute atomic E-state index is 12.5. The Morgan fingerprint density at radius 2 is 1.91 bits per heavy atom. The number of carboxylic acids is 1. The van der Waals surface area contributed by atoms with Crippen LogP contribution in [0.4, 0.5) is 0 Å². The van der Waals surface area contributed by atoms with Crippen molar-refractivity contribution in [2.45, 2.75) is 69.9 Å². The molecule has 4 aliphatic rings. The third-order valence-corrected chi connectivity index (χ3v) is 9.39. The number of amidine groups is 1. The maximum Gasteiger partial charge on any atom is 0.353 e. The standard InChI is InChI=1S/C23H36N4O4S/c1-12-19-18(13(2)28)22(29)27(19)20(23(30)31)21(12)32-17-10-26(11-17)9-15-5-7-16(8-6-15)25(4)14(3)24/h12-13,15-19,24,28H,5-11H2,1-4H3,(H,30,31)/t12-,13-,15?,16?,18-,19-/m1/s1. The lowest BCUT2D eigenvalue weighted by molar-refractivity contribution is -0.163. The Morgan fingerprint density at radius 1 is 1.28 bits per heavy atom. The quantitative estimate of drug-likeness (QED) is 0.301. The highest BCUT2D eigenvalue weighted by atomic mass is 32.2. The summed E-state index contributed by atoms with van der Waals surface area (Å²) in [7, 11) is 2.02. The lowest BCUT2D eigenvalue weighted by atomic mass is 9.79. The molecule has 4 atom stereocenters. The van der Waals surface area contributed by atoms with E-state index in [0.717, 1.165) is 37.4 Å². The van der Waals surface area contributed by atoms with Crippen LogP contribution < -0.4 is 0 Å². The Labute approximate surface area is 194 Å². The smallest absolute Gasteiger partial charge is 0.353 e. The van der Waals surface area contributed by atoms with Gasteiger partial charge < -0.3 is 24.9 Å². The number of fused-ring (bicyclic) bond motifs is 1. The average Bonchev–Trinajstić information content (AvgIpc) is 2.94. The van der Waals surface area contributed by atoms with Gasteiger partial charge in [0.25, 0.3) is 0 Å². The zero-order chi connectivity index (χ0) is 23.3. The summed E-state index contributed by atoms with van der Waals surface area (Å²) < 4.78 is 0. The van der Waals surface area contributed by atoms with Crippen molar-refractivity contribution in [3.05, 3.63) is 10.6 Å². The second-order valence-corrected chi connectivity index (χ2v) is 11.4. The largest absolute Gasteiger partial charge is 0.477 e. The monoisotopic (exact) mass is 464 g/mol. The van der Waals surface area contributed by atoms with E-state index in [1.54, 1.807) is 18.7 Å². The lowest BCUT2D eigenvalue weighted by Crippen LogP contribution is -2.63. The second kappa shape index (κ2) is 8.99. The number of hydrogen-bond acceptors (Lipinski definition) is 6. The molecule has 3 aliphatic heterocycles. The van der Waals surface area contributed by atoms with Crippen molar-refractivity contribution in [1.29, 1.82) is 5.41 Å². The van der Waals surface area contributed by atoms with E-state index in [-0.39, 0.29) is 23.6 Å². The summed E-state index contributed by atoms with van der Waals surface area (Å²) in [4.78, 5) is 31.2. The summed E-state index contributed by atoms with van der Waals surface area (Å²) in [5.41, 5.74) is 0.136. The summed E-state index contributed by atoms with van der Waals surface area (Å²) in [5.74, 6) is -0.527. The molecule has 3 N–H and O–H groups in total. The van der Waals surface area contributed by atoms with Crippen LogP contribution in [0.15, 0.2) is 10.6 Å². The number of hydrogen-bond donors (Lipinski definition) is 3. The van der Waals surface area contributed by atoms with Gasteiger partial charge in [0.1, 0.15) is 5.70 Å². The van der Waals surface area contributed by atoms with E-state index in [4.69, 9.17) is 5.41 Å². The van der Waals surface area contributed by atoms with Crippen molar-refractivity contribution in [3.8, 4) is 0 Å². The molecule has 0 bridgehead atoms. The first kappa shape index (κ1) is 23.6. The van der Waals surface area contributed by atoms with Crippen LogP contribution >= 0.6 is 11.8 Å². The number of carboxylic acid groups (broad SMARTS) is 1. The minimum Gasteiger partial charge on any atom is -0.477 e. The Balaban J connectivity index is 1.29. The van der Waals surface area contributed by atoms with Crippen molar-refractivity contribution in [1.82, 2.24) is 14.7 Å². The molecule has 1 aliphatic carbocycles. The number of nitrogens with one attached hydrogen (secondary N) is 1. The third kappa shape index (κ3) is 4.07. The van der Waals surface area contributed by atoms with Crippen molar-refractivity contribution in [2.24, 2.45) is 17.8 Å². The number of thioether (sulfide) groups is 1. The number of aliphatic hydroxyl groups is 1. The van der Waals surface area contributed by atoms with Gasteiger partial charge in [0, 0.05) is 48.8 Å². The van der Waals surface area contributed by atoms with Gasteiger partial charge >= 0.3 is 5.97 Å². The first-order valence-electron chi connectivity index (χ1n) is 11.8. The number of likely N-dealkylation sites (tertiary alicyclic amines) is 1. The topological polar surface area (TPSA) is 108 Å². The molecule has 0 aromatic carbocycles. The Bertz CT molecular complexity index is 817. The normalized spacial score (nSPS) is 34.1. The number of nitrogens with zero attached hydrogens (tertiary/aromatic N) is 3. The summed E-state index contributed by atoms with van der Waals surface area (Å²) in [6.45, 7) is 8.44. The van der Waals surface area contributed by atoms with Gasteiger partial charge in [-0.3, -0.25) is 10.2 Å². The zero-order valence-corrected chi connectivity index (χ0v) is 20.3. The molecule has 9 heteroatoms. The SMILES string of the molecule is CC(=N)N(C)C1CCC(CN2CC(SC3=C(C(=O)O)N4C(=O)[C@H]([C@@H](C)O)[C@H]4[C@H]3C)C2)CC1. The molecule has 1 amide bonds. The van der Waals surface area contributed by atoms with Crippen LogP contribution in [0.5, 0.6) is 0 Å². The molecule has 0 aromatic heterocycles. The van der Waals surface area contributed by atoms with Gasteiger partial charge in [-0.05, 0) is 45.4 Å². The third-order valence-electron chi connectivity index (χ3n) is 7.94. The summed E-state index contributed by atoms with van der Waals surface area (Å²) in [6.07, 6.45) is 3.92. The van der Waals surface area contributed by atoms with Crippen molar-refractivity contribution >= 4 is 29.5 Å². The lowest BCUT2D eigenvalue weighted by Gasteiger charge is -2.46. The van der Waals surface area contributed by atoms with Crippen molar-refractivity contribution < 1.29 is 19.8 Å². The number of amides is 1. The summed E-state index contributed by atoms with van der Waals surface area (Å²) >= 11 is 1.63. The van der Waals surface area contributed by atoms with Crippen LogP contribution in [-0.2, 0) is 9.59 Å². The number of aliphatic carboxylic acids is 1. The van der Waals surface area contributed by atoms with Crippen LogP contribution in [0.1, 0.15) is 46.5 Å². The van der Waals surface area contributed by atoms with E-state index < -0.39 is 18.0 Å². The summed E-state index contributed by atoms with van der Waals surface area (Å²) in [5, 5.41) is 27.9. The van der Waals surface area contributed by atoms with E-state index in [1.165, 1.54) is 17.7 Å². The molecule has 3 fully saturated rings. The fourth-order valence-corrected chi connectivity index (χ4v) is 7.54. The molecule has 1 saturated carbocycles. The minimum absolute atomic E-state index is 0.0537. The van der Waals surface area contributed by atoms with E-state index in [0.29, 0.717) is 23.0 Å². The van der Waals surface area contributed by atoms with E-state index in [9.17, 15) is 19.8 Å². The van der Waals surface area contributed by atoms with Crippen LogP contribution in [0.25, 0.3) is 0 Å². The molecular weight excluding hydrogens is 428 g/mol. The fraction of sp³-hybridized carbons (Fsp3) is 0.783. The highest BCUT2D eigenvalue weighted by Gasteiger charge is 2.60. The number of rotatable bonds is 7. The number of aliphatic hydroxyl groups excluding tert-OH is 1. The zero-order valence-electron chi connectivity index (χ0n) is 19.5. The predicted molar refractivity (Wildman–Crippen MR) is 124 cm³/mol. The molecule has 2 saturated heterocycles. The molecule has 0 unspecified atom stereocenters. The van der Waals surface area contributed by atoms with Gasteiger partial charge in [-0.2, -0.15) is 0 Å². The molecule has 3 heterocycles. The van der Waals surface area contributed by atoms with Gasteiger partial charge in [0.15, 0.2) is 0 Å². The van der Waals surface area contributed by atoms with E-state index >= 15 is 0 Å². The van der Waals surface area contributed by atoms with Gasteiger partial charge in [-0.15, -0.1) is 11.8 Å². The molecular formula is C23H36N4O4S. The molecule has 8 nitrogen and oxygen atoms in total. The first-order chi connectivity index (χ1) is 15.1. The van der Waals surface area contributed by atoms with Crippen LogP contribution in [0, 0.1) is 23.2 Å². The van der Waals surface area contributed by atoms with Crippen molar-refractivity contribution in [3.63, 3.8) is 0 Å². The molecule has 0 spiro atoms. The second-order valence-electron chi connectivity index (χ2n) is 10.1. The number of carbonyl (C=O) groups excluding carboxylic acids is 1. The molecule has 4 rings (SSSR count). The molecule has 0 radical (unpaired) electrons. The summed E-state index contributed by atoms with van der Waals surface area (Å²) in [6, 6.07) is 0.261. The van der Waals surface area contributed by atoms with Gasteiger partial charge in [-0.25, -0.2) is 4.79 Å². The number of carbonyl (C=O) groups is 2. The van der Waals surface area contributed by atoms with Crippen LogP contribution in [0.2, 0.25) is 0 Å². The number of β-lactam (4-membered cyclic amide) rings is 1. The Morgan fingerprint density at radius 3 is 2.44 bits per heavy atom. The highest BCUT2D eigenvalue weighted by molar-refractivity contribution is 8.03. The predicted octanol–water partition coefficient (Wildman–Crippen LogP) is 2.05. The van der Waals surface area contributed by atoms with E-state index in [1.807, 2.05) is 20.9 Å². The maximum atomic E-state index is 12.5. The van der Waals surface area contributed by atoms with Gasteiger partial charge in [0.2, 0.25) is 5.91 Å². The highest BCUT2D eigenvalue weighted by Crippen LogP contribution is 2.52. The molecule has 0 aromatic rings. The Hall–Kier alpha value is -1.58. The molecule has 178 valence electrons. The first-order valence-corrected chi connectivity index (χ1v) is 12.6. The minimum atomic E-state index is -1.04. The average molecular weight is 465 g/mol. The van der Waals surface area contributed by atoms with Gasteiger partial charge in [0.05, 0.1) is 23.9 Å².